The second-order valence-corrected chi connectivity index (χ2v) is 5.05. The van der Waals surface area contributed by atoms with Crippen molar-refractivity contribution in [3.05, 3.63) is 35.4 Å². The van der Waals surface area contributed by atoms with Gasteiger partial charge in [0.05, 0.1) is 13.2 Å². The van der Waals surface area contributed by atoms with Crippen molar-refractivity contribution < 1.29 is 9.53 Å². The largest absolute Gasteiger partial charge is 0.464 e. The van der Waals surface area contributed by atoms with Crippen LogP contribution in [0.5, 0.6) is 0 Å². The molecule has 1 aromatic carbocycles. The van der Waals surface area contributed by atoms with Gasteiger partial charge in [0.15, 0.2) is 0 Å². The molecule has 106 valence electrons. The number of benzene rings is 1. The van der Waals surface area contributed by atoms with Crippen molar-refractivity contribution in [2.24, 2.45) is 0 Å². The predicted molar refractivity (Wildman–Crippen MR) is 79.1 cm³/mol. The predicted octanol–water partition coefficient (Wildman–Crippen LogP) is 2.39. The van der Waals surface area contributed by atoms with Crippen molar-refractivity contribution in [2.75, 3.05) is 13.2 Å². The molecular weight excluding hydrogens is 250 g/mol. The molecule has 0 fully saturated rings. The zero-order valence-electron chi connectivity index (χ0n) is 11.9. The molecule has 0 amide bonds. The van der Waals surface area contributed by atoms with E-state index in [1.165, 1.54) is 5.56 Å². The lowest BCUT2D eigenvalue weighted by molar-refractivity contribution is -0.152. The summed E-state index contributed by atoms with van der Waals surface area (Å²) in [6.45, 7) is 2.56. The Labute approximate surface area is 120 Å². The van der Waals surface area contributed by atoms with Crippen LogP contribution >= 0.6 is 0 Å². The van der Waals surface area contributed by atoms with E-state index in [-0.39, 0.29) is 5.97 Å². The highest BCUT2D eigenvalue weighted by Crippen LogP contribution is 2.35. The Hall–Kier alpha value is -1.79. The highest BCUT2D eigenvalue weighted by atomic mass is 16.5. The second kappa shape index (κ2) is 6.58. The minimum absolute atomic E-state index is 0.218. The summed E-state index contributed by atoms with van der Waals surface area (Å²) in [4.78, 5) is 12.6. The number of nitrogens with one attached hydrogen (secondary N) is 1. The SMILES string of the molecule is C#CCNC1(C(=O)OCC)CCCCc2ccccc21. The number of rotatable bonds is 4. The molecule has 1 aliphatic carbocycles. The van der Waals surface area contributed by atoms with Crippen LogP contribution in [0.4, 0.5) is 0 Å². The first kappa shape index (κ1) is 14.6. The van der Waals surface area contributed by atoms with Crippen LogP contribution in [0.3, 0.4) is 0 Å². The lowest BCUT2D eigenvalue weighted by Crippen LogP contribution is -2.50. The normalized spacial score (nSPS) is 21.4. The van der Waals surface area contributed by atoms with E-state index >= 15 is 0 Å². The quantitative estimate of drug-likeness (QED) is 0.519. The van der Waals surface area contributed by atoms with Crippen molar-refractivity contribution in [3.8, 4) is 12.3 Å². The summed E-state index contributed by atoms with van der Waals surface area (Å²) in [6.07, 6.45) is 9.15. The average molecular weight is 271 g/mol. The molecule has 20 heavy (non-hydrogen) atoms. The minimum atomic E-state index is -0.796. The molecule has 0 bridgehead atoms. The Morgan fingerprint density at radius 3 is 3.00 bits per heavy atom. The molecule has 0 saturated heterocycles. The average Bonchev–Trinajstić information content (AvgIpc) is 2.66. The number of aryl methyl sites for hydroxylation is 1. The fourth-order valence-electron chi connectivity index (χ4n) is 2.92. The minimum Gasteiger partial charge on any atom is -0.464 e. The summed E-state index contributed by atoms with van der Waals surface area (Å²) < 4.78 is 5.32. The van der Waals surface area contributed by atoms with E-state index in [9.17, 15) is 4.79 Å². The van der Waals surface area contributed by atoms with Gasteiger partial charge in [-0.05, 0) is 37.3 Å². The van der Waals surface area contributed by atoms with Gasteiger partial charge in [0.25, 0.3) is 0 Å². The highest BCUT2D eigenvalue weighted by molar-refractivity contribution is 5.83. The Morgan fingerprint density at radius 1 is 1.45 bits per heavy atom. The molecule has 0 aromatic heterocycles. The van der Waals surface area contributed by atoms with Gasteiger partial charge >= 0.3 is 5.97 Å². The summed E-state index contributed by atoms with van der Waals surface area (Å²) in [5.41, 5.74) is 1.43. The van der Waals surface area contributed by atoms with Crippen LogP contribution in [0.1, 0.15) is 37.3 Å². The molecule has 0 heterocycles. The third-order valence-corrected chi connectivity index (χ3v) is 3.84. The van der Waals surface area contributed by atoms with E-state index in [1.807, 2.05) is 25.1 Å². The fourth-order valence-corrected chi connectivity index (χ4v) is 2.92. The summed E-state index contributed by atoms with van der Waals surface area (Å²) in [6, 6.07) is 8.09. The first-order valence-corrected chi connectivity index (χ1v) is 7.18. The number of hydrogen-bond donors (Lipinski definition) is 1. The first-order chi connectivity index (χ1) is 9.74. The molecule has 1 unspecified atom stereocenters. The Morgan fingerprint density at radius 2 is 2.25 bits per heavy atom. The van der Waals surface area contributed by atoms with Crippen molar-refractivity contribution >= 4 is 5.97 Å². The molecule has 1 atom stereocenters. The van der Waals surface area contributed by atoms with E-state index in [0.717, 1.165) is 31.2 Å². The molecule has 1 N–H and O–H groups in total. The summed E-state index contributed by atoms with van der Waals surface area (Å²) in [5, 5.41) is 3.25. The second-order valence-electron chi connectivity index (χ2n) is 5.05. The van der Waals surface area contributed by atoms with Gasteiger partial charge in [0.1, 0.15) is 5.54 Å². The van der Waals surface area contributed by atoms with Gasteiger partial charge in [0, 0.05) is 0 Å². The number of esters is 1. The Kier molecular flexibility index (Phi) is 4.81. The molecule has 1 aromatic rings. The molecule has 3 heteroatoms. The van der Waals surface area contributed by atoms with Crippen LogP contribution in [0.15, 0.2) is 24.3 Å². The molecule has 0 saturated carbocycles. The van der Waals surface area contributed by atoms with Gasteiger partial charge in [-0.15, -0.1) is 6.42 Å². The summed E-state index contributed by atoms with van der Waals surface area (Å²) >= 11 is 0. The van der Waals surface area contributed by atoms with E-state index in [2.05, 4.69) is 17.3 Å². The Balaban J connectivity index is 2.48. The molecule has 0 radical (unpaired) electrons. The maximum absolute atomic E-state index is 12.6. The topological polar surface area (TPSA) is 38.3 Å². The molecule has 2 rings (SSSR count). The molecule has 0 spiro atoms. The highest BCUT2D eigenvalue weighted by Gasteiger charge is 2.43. The van der Waals surface area contributed by atoms with Crippen LogP contribution in [0.25, 0.3) is 0 Å². The fraction of sp³-hybridized carbons (Fsp3) is 0.471. The van der Waals surface area contributed by atoms with E-state index in [1.54, 1.807) is 0 Å². The number of ether oxygens (including phenoxy) is 1. The molecule has 3 nitrogen and oxygen atoms in total. The van der Waals surface area contributed by atoms with Gasteiger partial charge in [-0.25, -0.2) is 4.79 Å². The zero-order valence-corrected chi connectivity index (χ0v) is 11.9. The number of carbonyl (C=O) groups excluding carboxylic acids is 1. The summed E-state index contributed by atoms with van der Waals surface area (Å²) in [5.74, 6) is 2.35. The van der Waals surface area contributed by atoms with Crippen molar-refractivity contribution in [3.63, 3.8) is 0 Å². The molecule has 1 aliphatic rings. The third kappa shape index (κ3) is 2.71. The Bertz CT molecular complexity index is 518. The number of fused-ring (bicyclic) bond motifs is 1. The summed E-state index contributed by atoms with van der Waals surface area (Å²) in [7, 11) is 0. The first-order valence-electron chi connectivity index (χ1n) is 7.18. The van der Waals surface area contributed by atoms with Gasteiger partial charge in [-0.1, -0.05) is 36.6 Å². The van der Waals surface area contributed by atoms with Crippen LogP contribution < -0.4 is 5.32 Å². The zero-order chi connectivity index (χ0) is 14.4. The monoisotopic (exact) mass is 271 g/mol. The van der Waals surface area contributed by atoms with Crippen molar-refractivity contribution in [1.29, 1.82) is 0 Å². The lowest BCUT2D eigenvalue weighted by Gasteiger charge is -2.32. The number of carbonyl (C=O) groups is 1. The van der Waals surface area contributed by atoms with E-state index in [4.69, 9.17) is 11.2 Å². The standard InChI is InChI=1S/C17H21NO2/c1-3-13-18-17(16(19)20-4-2)12-8-7-10-14-9-5-6-11-15(14)17/h1,5-6,9,11,18H,4,7-8,10,12-13H2,2H3. The van der Waals surface area contributed by atoms with Gasteiger partial charge in [-0.3, -0.25) is 5.32 Å². The van der Waals surface area contributed by atoms with E-state index < -0.39 is 5.54 Å². The van der Waals surface area contributed by atoms with Gasteiger partial charge in [-0.2, -0.15) is 0 Å². The van der Waals surface area contributed by atoms with Crippen molar-refractivity contribution in [1.82, 2.24) is 5.32 Å². The maximum Gasteiger partial charge on any atom is 0.331 e. The number of terminal acetylenes is 1. The number of hydrogen-bond acceptors (Lipinski definition) is 3. The molecular formula is C17H21NO2. The van der Waals surface area contributed by atoms with Crippen molar-refractivity contribution in [2.45, 2.75) is 38.1 Å². The lowest BCUT2D eigenvalue weighted by atomic mass is 9.84. The maximum atomic E-state index is 12.6. The van der Waals surface area contributed by atoms with E-state index in [0.29, 0.717) is 13.2 Å². The van der Waals surface area contributed by atoms with Crippen LogP contribution in [-0.2, 0) is 21.5 Å². The van der Waals surface area contributed by atoms with Crippen LogP contribution in [0, 0.1) is 12.3 Å². The van der Waals surface area contributed by atoms with Crippen LogP contribution in [0.2, 0.25) is 0 Å². The molecule has 0 aliphatic heterocycles. The smallest absolute Gasteiger partial charge is 0.331 e. The van der Waals surface area contributed by atoms with Gasteiger partial charge < -0.3 is 4.74 Å². The third-order valence-electron chi connectivity index (χ3n) is 3.84. The van der Waals surface area contributed by atoms with Crippen LogP contribution in [-0.4, -0.2) is 19.1 Å². The van der Waals surface area contributed by atoms with Gasteiger partial charge in [0.2, 0.25) is 0 Å².